The van der Waals surface area contributed by atoms with Crippen LogP contribution in [0.5, 0.6) is 0 Å². The van der Waals surface area contributed by atoms with E-state index in [1.165, 1.54) is 0 Å². The summed E-state index contributed by atoms with van der Waals surface area (Å²) in [4.78, 5) is 12.8. The fraction of sp³-hybridized carbons (Fsp3) is 0.944. The van der Waals surface area contributed by atoms with Gasteiger partial charge >= 0.3 is 0 Å². The Morgan fingerprint density at radius 3 is 1.70 bits per heavy atom. The minimum Gasteiger partial charge on any atom is -0.361 e. The highest BCUT2D eigenvalue weighted by atomic mass is 16.6. The van der Waals surface area contributed by atoms with E-state index in [-0.39, 0.29) is 39.3 Å². The number of fused-ring (bicyclic) bond motifs is 1. The Morgan fingerprint density at radius 2 is 1.35 bits per heavy atom. The molecule has 0 aromatic heterocycles. The number of ether oxygens (including phenoxy) is 1. The van der Waals surface area contributed by atoms with Crippen LogP contribution in [0.3, 0.4) is 0 Å². The molecule has 1 saturated carbocycles. The van der Waals surface area contributed by atoms with Gasteiger partial charge in [0.15, 0.2) is 5.78 Å². The molecule has 0 radical (unpaired) electrons. The lowest BCUT2D eigenvalue weighted by atomic mass is 9.35. The molecule has 2 nitrogen and oxygen atoms in total. The van der Waals surface area contributed by atoms with E-state index in [4.69, 9.17) is 4.74 Å². The van der Waals surface area contributed by atoms with Gasteiger partial charge in [-0.3, -0.25) is 4.79 Å². The minimum absolute atomic E-state index is 0.0190. The van der Waals surface area contributed by atoms with Crippen LogP contribution in [0.15, 0.2) is 0 Å². The molecular formula is C18H32O2. The fourth-order valence-electron chi connectivity index (χ4n) is 5.18. The number of rotatable bonds is 0. The second-order valence-electron chi connectivity index (χ2n) is 9.79. The molecule has 0 bridgehead atoms. The van der Waals surface area contributed by atoms with Crippen molar-refractivity contribution < 1.29 is 9.53 Å². The van der Waals surface area contributed by atoms with Gasteiger partial charge < -0.3 is 4.74 Å². The summed E-state index contributed by atoms with van der Waals surface area (Å²) in [5.74, 6) is 0.293. The summed E-state index contributed by atoms with van der Waals surface area (Å²) < 4.78 is 5.91. The van der Waals surface area contributed by atoms with Crippen molar-refractivity contribution in [2.24, 2.45) is 27.1 Å². The van der Waals surface area contributed by atoms with Crippen LogP contribution in [-0.2, 0) is 9.53 Å². The third-order valence-electron chi connectivity index (χ3n) is 7.28. The van der Waals surface area contributed by atoms with Gasteiger partial charge in [-0.2, -0.15) is 0 Å². The molecule has 0 N–H and O–H groups in total. The standard InChI is InChI=1S/C18H32O2/c1-14(2,3)17(9)13-11(20-13)12(19)16(7,8)18(17,10)15(4,5)6/h11,13H,1-10H3/t11-,13-,17+,18-/m0/s1. The molecule has 1 heterocycles. The number of hydrogen-bond acceptors (Lipinski definition) is 2. The van der Waals surface area contributed by atoms with Gasteiger partial charge in [0, 0.05) is 10.8 Å². The molecule has 2 aliphatic rings. The number of hydrogen-bond donors (Lipinski definition) is 0. The minimum atomic E-state index is -0.384. The quantitative estimate of drug-likeness (QED) is 0.613. The third-order valence-corrected chi connectivity index (χ3v) is 7.28. The fourth-order valence-corrected chi connectivity index (χ4v) is 5.18. The van der Waals surface area contributed by atoms with Gasteiger partial charge in [0.25, 0.3) is 0 Å². The lowest BCUT2D eigenvalue weighted by molar-refractivity contribution is -0.197. The first kappa shape index (κ1) is 16.0. The van der Waals surface area contributed by atoms with E-state index >= 15 is 0 Å². The van der Waals surface area contributed by atoms with Crippen molar-refractivity contribution in [1.29, 1.82) is 0 Å². The van der Waals surface area contributed by atoms with Crippen molar-refractivity contribution in [1.82, 2.24) is 0 Å². The van der Waals surface area contributed by atoms with Gasteiger partial charge in [-0.05, 0) is 16.2 Å². The third kappa shape index (κ3) is 1.47. The molecule has 2 rings (SSSR count). The van der Waals surface area contributed by atoms with Crippen molar-refractivity contribution in [2.45, 2.75) is 81.4 Å². The molecule has 0 amide bonds. The molecule has 20 heavy (non-hydrogen) atoms. The van der Waals surface area contributed by atoms with Crippen LogP contribution < -0.4 is 0 Å². The van der Waals surface area contributed by atoms with Crippen molar-refractivity contribution in [3.05, 3.63) is 0 Å². The molecule has 0 aromatic carbocycles. The Hall–Kier alpha value is -0.370. The molecule has 1 aliphatic carbocycles. The summed E-state index contributed by atoms with van der Waals surface area (Å²) in [7, 11) is 0. The van der Waals surface area contributed by atoms with Crippen molar-refractivity contribution in [3.8, 4) is 0 Å². The monoisotopic (exact) mass is 280 g/mol. The van der Waals surface area contributed by atoms with Gasteiger partial charge in [0.2, 0.25) is 0 Å². The van der Waals surface area contributed by atoms with Crippen LogP contribution in [0.2, 0.25) is 0 Å². The SMILES string of the molecule is CC(C)(C)[C@@]1(C)C(C)(C)C(=O)[C@@H]2O[C@@H]2[C@]1(C)C(C)(C)C. The van der Waals surface area contributed by atoms with Crippen LogP contribution >= 0.6 is 0 Å². The van der Waals surface area contributed by atoms with Crippen LogP contribution in [0.4, 0.5) is 0 Å². The Kier molecular flexibility index (Phi) is 2.95. The molecule has 1 aliphatic heterocycles. The largest absolute Gasteiger partial charge is 0.361 e. The molecule has 2 fully saturated rings. The number of ketones is 1. The molecule has 116 valence electrons. The topological polar surface area (TPSA) is 29.6 Å². The second kappa shape index (κ2) is 3.69. The van der Waals surface area contributed by atoms with E-state index in [0.29, 0.717) is 5.78 Å². The van der Waals surface area contributed by atoms with Gasteiger partial charge in [0.05, 0.1) is 6.10 Å². The number of carbonyl (C=O) groups is 1. The van der Waals surface area contributed by atoms with Crippen molar-refractivity contribution in [3.63, 3.8) is 0 Å². The number of carbonyl (C=O) groups excluding carboxylic acids is 1. The van der Waals surface area contributed by atoms with E-state index in [9.17, 15) is 4.79 Å². The zero-order valence-electron chi connectivity index (χ0n) is 15.0. The Balaban J connectivity index is 2.76. The summed E-state index contributed by atoms with van der Waals surface area (Å²) in [6.07, 6.45) is -0.100. The average molecular weight is 280 g/mol. The maximum atomic E-state index is 12.8. The summed E-state index contributed by atoms with van der Waals surface area (Å²) in [5, 5.41) is 0. The van der Waals surface area contributed by atoms with Gasteiger partial charge in [0.1, 0.15) is 6.10 Å². The highest BCUT2D eigenvalue weighted by molar-refractivity contribution is 5.93. The highest BCUT2D eigenvalue weighted by Crippen LogP contribution is 2.74. The van der Waals surface area contributed by atoms with E-state index in [1.54, 1.807) is 0 Å². The summed E-state index contributed by atoms with van der Waals surface area (Å²) in [5.41, 5.74) is -0.469. The van der Waals surface area contributed by atoms with E-state index in [1.807, 2.05) is 0 Å². The summed E-state index contributed by atoms with van der Waals surface area (Å²) in [6, 6.07) is 0. The summed E-state index contributed by atoms with van der Waals surface area (Å²) >= 11 is 0. The maximum absolute atomic E-state index is 12.8. The van der Waals surface area contributed by atoms with Gasteiger partial charge in [-0.25, -0.2) is 0 Å². The molecular weight excluding hydrogens is 248 g/mol. The molecule has 0 aromatic rings. The van der Waals surface area contributed by atoms with Crippen molar-refractivity contribution in [2.75, 3.05) is 0 Å². The Morgan fingerprint density at radius 1 is 0.900 bits per heavy atom. The lowest BCUT2D eigenvalue weighted by Gasteiger charge is -2.66. The van der Waals surface area contributed by atoms with Gasteiger partial charge in [-0.1, -0.05) is 69.2 Å². The van der Waals surface area contributed by atoms with E-state index in [2.05, 4.69) is 69.2 Å². The predicted octanol–water partition coefficient (Wildman–Crippen LogP) is 4.47. The average Bonchev–Trinajstić information content (AvgIpc) is 3.00. The molecule has 0 unspecified atom stereocenters. The van der Waals surface area contributed by atoms with Crippen LogP contribution in [0.1, 0.15) is 69.2 Å². The smallest absolute Gasteiger partial charge is 0.170 e. The Labute approximate surface area is 124 Å². The van der Waals surface area contributed by atoms with Crippen LogP contribution in [0.25, 0.3) is 0 Å². The van der Waals surface area contributed by atoms with Gasteiger partial charge in [-0.15, -0.1) is 0 Å². The zero-order chi connectivity index (χ0) is 15.9. The second-order valence-corrected chi connectivity index (χ2v) is 9.79. The normalized spacial score (nSPS) is 44.2. The number of epoxide rings is 1. The Bertz CT molecular complexity index is 449. The first-order chi connectivity index (χ1) is 8.64. The first-order valence-electron chi connectivity index (χ1n) is 7.84. The van der Waals surface area contributed by atoms with Crippen molar-refractivity contribution >= 4 is 5.78 Å². The summed E-state index contributed by atoms with van der Waals surface area (Å²) in [6.45, 7) is 22.6. The maximum Gasteiger partial charge on any atom is 0.170 e. The lowest BCUT2D eigenvalue weighted by Crippen LogP contribution is -2.68. The zero-order valence-corrected chi connectivity index (χ0v) is 15.0. The number of Topliss-reactive ketones (excluding diaryl/α,β-unsaturated/α-hetero) is 1. The van der Waals surface area contributed by atoms with E-state index < -0.39 is 0 Å². The first-order valence-corrected chi connectivity index (χ1v) is 7.84. The predicted molar refractivity (Wildman–Crippen MR) is 82.6 cm³/mol. The highest BCUT2D eigenvalue weighted by Gasteiger charge is 2.78. The van der Waals surface area contributed by atoms with Crippen LogP contribution in [0, 0.1) is 27.1 Å². The molecule has 2 heteroatoms. The molecule has 0 spiro atoms. The van der Waals surface area contributed by atoms with E-state index in [0.717, 1.165) is 0 Å². The molecule has 4 atom stereocenters. The van der Waals surface area contributed by atoms with Crippen LogP contribution in [-0.4, -0.2) is 18.0 Å². The molecule has 1 saturated heterocycles.